The molecule has 1 aliphatic heterocycles. The van der Waals surface area contributed by atoms with Gasteiger partial charge in [-0.25, -0.2) is 0 Å². The fraction of sp³-hybridized carbons (Fsp3) is 0.550. The number of nitrogens with zero attached hydrogens (tertiary/aromatic N) is 1. The van der Waals surface area contributed by atoms with Gasteiger partial charge in [0.1, 0.15) is 0 Å². The largest absolute Gasteiger partial charge is 0.350 e. The first kappa shape index (κ1) is 18.4. The Kier molecular flexibility index (Phi) is 5.59. The number of hydrogen-bond donors (Lipinski definition) is 2. The molecule has 3 amide bonds. The highest BCUT2D eigenvalue weighted by atomic mass is 16.2. The lowest BCUT2D eigenvalue weighted by atomic mass is 9.87. The Bertz CT molecular complexity index is 686. The molecule has 0 spiro atoms. The highest BCUT2D eigenvalue weighted by Crippen LogP contribution is 2.28. The van der Waals surface area contributed by atoms with Crippen LogP contribution in [0.1, 0.15) is 56.2 Å². The molecule has 1 saturated heterocycles. The van der Waals surface area contributed by atoms with E-state index in [2.05, 4.69) is 10.6 Å². The summed E-state index contributed by atoms with van der Waals surface area (Å²) in [6.07, 6.45) is 4.17. The maximum atomic E-state index is 13.0. The van der Waals surface area contributed by atoms with Gasteiger partial charge in [-0.1, -0.05) is 42.7 Å². The summed E-state index contributed by atoms with van der Waals surface area (Å²) in [5.41, 5.74) is 2.03. The second kappa shape index (κ2) is 7.89. The molecule has 6 nitrogen and oxygen atoms in total. The molecule has 26 heavy (non-hydrogen) atoms. The molecule has 1 aliphatic carbocycles. The maximum absolute atomic E-state index is 13.0. The number of aryl methyl sites for hydroxylation is 1. The molecule has 0 aromatic heterocycles. The van der Waals surface area contributed by atoms with Gasteiger partial charge < -0.3 is 15.5 Å². The number of piperazine rings is 1. The molecule has 6 heteroatoms. The van der Waals surface area contributed by atoms with Crippen molar-refractivity contribution in [3.05, 3.63) is 35.4 Å². The Balaban J connectivity index is 1.76. The first-order valence-corrected chi connectivity index (χ1v) is 9.36. The Hall–Kier alpha value is -2.37. The number of carbonyl (C=O) groups excluding carboxylic acids is 3. The van der Waals surface area contributed by atoms with Crippen LogP contribution in [0.4, 0.5) is 0 Å². The first-order valence-electron chi connectivity index (χ1n) is 9.36. The van der Waals surface area contributed by atoms with Gasteiger partial charge in [0.15, 0.2) is 0 Å². The van der Waals surface area contributed by atoms with E-state index in [1.165, 1.54) is 6.92 Å². The van der Waals surface area contributed by atoms with Crippen LogP contribution in [0.15, 0.2) is 24.3 Å². The van der Waals surface area contributed by atoms with Crippen LogP contribution in [0.2, 0.25) is 0 Å². The fourth-order valence-electron chi connectivity index (χ4n) is 4.04. The molecule has 2 aliphatic rings. The highest BCUT2D eigenvalue weighted by molar-refractivity contribution is 5.87. The number of benzene rings is 1. The van der Waals surface area contributed by atoms with Crippen LogP contribution >= 0.6 is 0 Å². The van der Waals surface area contributed by atoms with Crippen LogP contribution in [-0.2, 0) is 14.4 Å². The van der Waals surface area contributed by atoms with E-state index in [9.17, 15) is 14.4 Å². The standard InChI is InChI=1S/C20H27N3O3/c1-13-7-9-15(10-8-13)17(21-14(2)24)11-20(26)23-12-19(25)22-16-5-3-4-6-18(16)23/h7-10,16-18H,3-6,11-12H2,1-2H3,(H,21,24)(H,22,25). The van der Waals surface area contributed by atoms with E-state index >= 15 is 0 Å². The molecule has 3 unspecified atom stereocenters. The van der Waals surface area contributed by atoms with Gasteiger partial charge in [0, 0.05) is 13.0 Å². The Morgan fingerprint density at radius 2 is 1.92 bits per heavy atom. The van der Waals surface area contributed by atoms with Crippen molar-refractivity contribution in [2.75, 3.05) is 6.54 Å². The van der Waals surface area contributed by atoms with Gasteiger partial charge >= 0.3 is 0 Å². The summed E-state index contributed by atoms with van der Waals surface area (Å²) >= 11 is 0. The van der Waals surface area contributed by atoms with Crippen molar-refractivity contribution in [1.29, 1.82) is 0 Å². The lowest BCUT2D eigenvalue weighted by molar-refractivity contribution is -0.144. The van der Waals surface area contributed by atoms with Gasteiger partial charge in [-0.05, 0) is 25.3 Å². The van der Waals surface area contributed by atoms with Gasteiger partial charge in [0.25, 0.3) is 0 Å². The molecular weight excluding hydrogens is 330 g/mol. The zero-order chi connectivity index (χ0) is 18.7. The number of fused-ring (bicyclic) bond motifs is 1. The van der Waals surface area contributed by atoms with Crippen LogP contribution in [0, 0.1) is 6.92 Å². The van der Waals surface area contributed by atoms with Crippen molar-refractivity contribution in [2.45, 2.75) is 64.1 Å². The van der Waals surface area contributed by atoms with Gasteiger partial charge in [-0.15, -0.1) is 0 Å². The molecular formula is C20H27N3O3. The second-order valence-electron chi connectivity index (χ2n) is 7.42. The zero-order valence-electron chi connectivity index (χ0n) is 15.5. The Morgan fingerprint density at radius 1 is 1.23 bits per heavy atom. The van der Waals surface area contributed by atoms with Crippen molar-refractivity contribution < 1.29 is 14.4 Å². The SMILES string of the molecule is CC(=O)NC(CC(=O)N1CC(=O)NC2CCCCC21)c1ccc(C)cc1. The topological polar surface area (TPSA) is 78.5 Å². The summed E-state index contributed by atoms with van der Waals surface area (Å²) in [6, 6.07) is 7.58. The summed E-state index contributed by atoms with van der Waals surface area (Å²) < 4.78 is 0. The molecule has 0 radical (unpaired) electrons. The lowest BCUT2D eigenvalue weighted by Gasteiger charge is -2.44. The summed E-state index contributed by atoms with van der Waals surface area (Å²) in [6.45, 7) is 3.57. The first-order chi connectivity index (χ1) is 12.4. The Labute approximate surface area is 154 Å². The third kappa shape index (κ3) is 4.23. The number of nitrogens with one attached hydrogen (secondary N) is 2. The van der Waals surface area contributed by atoms with Crippen molar-refractivity contribution in [3.63, 3.8) is 0 Å². The normalized spacial score (nSPS) is 23.6. The molecule has 140 valence electrons. The van der Waals surface area contributed by atoms with Crippen molar-refractivity contribution >= 4 is 17.7 Å². The van der Waals surface area contributed by atoms with E-state index in [-0.39, 0.29) is 48.8 Å². The van der Waals surface area contributed by atoms with Crippen molar-refractivity contribution in [3.8, 4) is 0 Å². The van der Waals surface area contributed by atoms with Crippen LogP contribution < -0.4 is 10.6 Å². The molecule has 1 aromatic carbocycles. The molecule has 2 N–H and O–H groups in total. The predicted octanol–water partition coefficient (Wildman–Crippen LogP) is 1.83. The highest BCUT2D eigenvalue weighted by Gasteiger charge is 2.39. The van der Waals surface area contributed by atoms with E-state index in [1.807, 2.05) is 31.2 Å². The summed E-state index contributed by atoms with van der Waals surface area (Å²) in [5.74, 6) is -0.334. The number of rotatable bonds is 4. The number of hydrogen-bond acceptors (Lipinski definition) is 3. The monoisotopic (exact) mass is 357 g/mol. The molecule has 3 rings (SSSR count). The molecule has 1 heterocycles. The third-order valence-corrected chi connectivity index (χ3v) is 5.35. The predicted molar refractivity (Wildman–Crippen MR) is 98.3 cm³/mol. The Morgan fingerprint density at radius 3 is 2.62 bits per heavy atom. The molecule has 0 bridgehead atoms. The zero-order valence-corrected chi connectivity index (χ0v) is 15.5. The maximum Gasteiger partial charge on any atom is 0.239 e. The number of amides is 3. The third-order valence-electron chi connectivity index (χ3n) is 5.35. The smallest absolute Gasteiger partial charge is 0.239 e. The molecule has 1 saturated carbocycles. The number of carbonyl (C=O) groups is 3. The lowest BCUT2D eigenvalue weighted by Crippen LogP contribution is -2.63. The van der Waals surface area contributed by atoms with E-state index in [1.54, 1.807) is 4.90 Å². The van der Waals surface area contributed by atoms with Crippen LogP contribution in [-0.4, -0.2) is 41.2 Å². The van der Waals surface area contributed by atoms with Crippen LogP contribution in [0.5, 0.6) is 0 Å². The average Bonchev–Trinajstić information content (AvgIpc) is 2.60. The van der Waals surface area contributed by atoms with Crippen molar-refractivity contribution in [2.24, 2.45) is 0 Å². The van der Waals surface area contributed by atoms with Crippen LogP contribution in [0.3, 0.4) is 0 Å². The molecule has 3 atom stereocenters. The van der Waals surface area contributed by atoms with E-state index in [0.29, 0.717) is 0 Å². The second-order valence-corrected chi connectivity index (χ2v) is 7.42. The van der Waals surface area contributed by atoms with Crippen LogP contribution in [0.25, 0.3) is 0 Å². The minimum Gasteiger partial charge on any atom is -0.350 e. The average molecular weight is 357 g/mol. The quantitative estimate of drug-likeness (QED) is 0.863. The molecule has 1 aromatic rings. The van der Waals surface area contributed by atoms with Gasteiger partial charge in [0.2, 0.25) is 17.7 Å². The summed E-state index contributed by atoms with van der Waals surface area (Å²) in [4.78, 5) is 38.4. The molecule has 2 fully saturated rings. The van der Waals surface area contributed by atoms with E-state index < -0.39 is 0 Å². The minimum absolute atomic E-state index is 0.0625. The minimum atomic E-state index is -0.382. The van der Waals surface area contributed by atoms with Gasteiger partial charge in [0.05, 0.1) is 25.0 Å². The fourth-order valence-corrected chi connectivity index (χ4v) is 4.04. The summed E-state index contributed by atoms with van der Waals surface area (Å²) in [5, 5.41) is 5.91. The van der Waals surface area contributed by atoms with Gasteiger partial charge in [-0.2, -0.15) is 0 Å². The van der Waals surface area contributed by atoms with Crippen molar-refractivity contribution in [1.82, 2.24) is 15.5 Å². The summed E-state index contributed by atoms with van der Waals surface area (Å²) in [7, 11) is 0. The van der Waals surface area contributed by atoms with E-state index in [0.717, 1.165) is 36.8 Å². The van der Waals surface area contributed by atoms with E-state index in [4.69, 9.17) is 0 Å². The van der Waals surface area contributed by atoms with Gasteiger partial charge in [-0.3, -0.25) is 14.4 Å².